The van der Waals surface area contributed by atoms with Crippen LogP contribution in [-0.4, -0.2) is 50.4 Å². The van der Waals surface area contributed by atoms with Crippen molar-refractivity contribution in [1.29, 1.82) is 0 Å². The topological polar surface area (TPSA) is 45.2 Å². The van der Waals surface area contributed by atoms with Gasteiger partial charge in [-0.2, -0.15) is 0 Å². The Balaban J connectivity index is 1.60. The smallest absolute Gasteiger partial charge is 0.160 e. The van der Waals surface area contributed by atoms with Crippen LogP contribution in [0.5, 0.6) is 17.2 Å². The highest BCUT2D eigenvalue weighted by atomic mass is 79.9. The summed E-state index contributed by atoms with van der Waals surface area (Å²) in [5.74, 6) is 1.56. The van der Waals surface area contributed by atoms with Crippen LogP contribution in [0.15, 0.2) is 40.9 Å². The molecule has 1 aliphatic rings. The first-order valence-corrected chi connectivity index (χ1v) is 9.06. The zero-order valence-corrected chi connectivity index (χ0v) is 16.1. The lowest BCUT2D eigenvalue weighted by atomic mass is 10.1. The number of benzene rings is 2. The molecule has 0 unspecified atom stereocenters. The molecule has 2 aromatic rings. The Bertz CT molecular complexity index is 731. The number of hydrogen-bond acceptors (Lipinski definition) is 5. The summed E-state index contributed by atoms with van der Waals surface area (Å²) in [6.45, 7) is 4.78. The van der Waals surface area contributed by atoms with E-state index >= 15 is 0 Å². The number of methoxy groups -OCH3 is 2. The van der Waals surface area contributed by atoms with Gasteiger partial charge >= 0.3 is 0 Å². The van der Waals surface area contributed by atoms with Gasteiger partial charge in [0, 0.05) is 44.5 Å². The number of anilines is 1. The predicted octanol–water partition coefficient (Wildman–Crippen LogP) is 3.49. The maximum atomic E-state index is 9.70. The van der Waals surface area contributed by atoms with Gasteiger partial charge in [-0.15, -0.1) is 0 Å². The molecular formula is C19H23BrN2O3. The van der Waals surface area contributed by atoms with E-state index in [1.165, 1.54) is 5.69 Å². The normalized spacial score (nSPS) is 15.2. The van der Waals surface area contributed by atoms with Gasteiger partial charge in [0.1, 0.15) is 5.75 Å². The molecule has 1 saturated heterocycles. The number of hydrogen-bond donors (Lipinski definition) is 1. The number of rotatable bonds is 5. The fourth-order valence-corrected chi connectivity index (χ4v) is 3.50. The maximum absolute atomic E-state index is 9.70. The van der Waals surface area contributed by atoms with E-state index < -0.39 is 0 Å². The Hall–Kier alpha value is -1.92. The van der Waals surface area contributed by atoms with Crippen molar-refractivity contribution in [2.45, 2.75) is 6.54 Å². The molecule has 25 heavy (non-hydrogen) atoms. The lowest BCUT2D eigenvalue weighted by Crippen LogP contribution is -2.45. The molecule has 2 aromatic carbocycles. The molecule has 0 atom stereocenters. The molecule has 5 nitrogen and oxygen atoms in total. The summed E-state index contributed by atoms with van der Waals surface area (Å²) < 4.78 is 11.6. The van der Waals surface area contributed by atoms with Crippen molar-refractivity contribution < 1.29 is 14.6 Å². The molecule has 134 valence electrons. The fourth-order valence-electron chi connectivity index (χ4n) is 3.09. The number of phenols is 1. The summed E-state index contributed by atoms with van der Waals surface area (Å²) in [5, 5.41) is 9.70. The van der Waals surface area contributed by atoms with Gasteiger partial charge < -0.3 is 19.5 Å². The van der Waals surface area contributed by atoms with E-state index in [-0.39, 0.29) is 5.75 Å². The van der Waals surface area contributed by atoms with Crippen molar-refractivity contribution >= 4 is 21.6 Å². The molecular weight excluding hydrogens is 384 g/mol. The minimum atomic E-state index is 0.181. The van der Waals surface area contributed by atoms with Gasteiger partial charge in [0.05, 0.1) is 18.7 Å². The van der Waals surface area contributed by atoms with Crippen molar-refractivity contribution in [1.82, 2.24) is 4.90 Å². The van der Waals surface area contributed by atoms with E-state index in [1.807, 2.05) is 18.2 Å². The minimum absolute atomic E-state index is 0.181. The molecule has 0 aliphatic carbocycles. The zero-order chi connectivity index (χ0) is 17.8. The summed E-state index contributed by atoms with van der Waals surface area (Å²) in [7, 11) is 3.26. The summed E-state index contributed by atoms with van der Waals surface area (Å²) >= 11 is 3.50. The highest BCUT2D eigenvalue weighted by molar-refractivity contribution is 9.10. The van der Waals surface area contributed by atoms with E-state index in [2.05, 4.69) is 37.9 Å². The third-order valence-electron chi connectivity index (χ3n) is 4.52. The summed E-state index contributed by atoms with van der Waals surface area (Å²) in [6.07, 6.45) is 0. The van der Waals surface area contributed by atoms with E-state index in [0.29, 0.717) is 5.75 Å². The molecule has 1 N–H and O–H groups in total. The molecule has 0 radical (unpaired) electrons. The van der Waals surface area contributed by atoms with Gasteiger partial charge in [0.2, 0.25) is 0 Å². The highest BCUT2D eigenvalue weighted by Crippen LogP contribution is 2.30. The van der Waals surface area contributed by atoms with Gasteiger partial charge in [-0.25, -0.2) is 0 Å². The Morgan fingerprint density at radius 1 is 0.960 bits per heavy atom. The second-order valence-electron chi connectivity index (χ2n) is 6.09. The van der Waals surface area contributed by atoms with Gasteiger partial charge in [0.25, 0.3) is 0 Å². The Kier molecular flexibility index (Phi) is 5.71. The molecule has 6 heteroatoms. The average molecular weight is 407 g/mol. The lowest BCUT2D eigenvalue weighted by Gasteiger charge is -2.36. The van der Waals surface area contributed by atoms with E-state index in [4.69, 9.17) is 9.47 Å². The van der Waals surface area contributed by atoms with Gasteiger partial charge in [0.15, 0.2) is 11.5 Å². The molecule has 0 saturated carbocycles. The molecule has 1 aliphatic heterocycles. The first-order valence-electron chi connectivity index (χ1n) is 8.27. The van der Waals surface area contributed by atoms with Crippen LogP contribution < -0.4 is 14.4 Å². The number of phenolic OH excluding ortho intramolecular Hbond substituents is 1. The Morgan fingerprint density at radius 2 is 1.68 bits per heavy atom. The molecule has 1 heterocycles. The molecule has 0 spiro atoms. The van der Waals surface area contributed by atoms with Crippen molar-refractivity contribution in [2.24, 2.45) is 0 Å². The highest BCUT2D eigenvalue weighted by Gasteiger charge is 2.18. The van der Waals surface area contributed by atoms with E-state index in [9.17, 15) is 5.11 Å². The molecule has 1 fully saturated rings. The first kappa shape index (κ1) is 17.9. The van der Waals surface area contributed by atoms with Gasteiger partial charge in [-0.1, -0.05) is 6.07 Å². The van der Waals surface area contributed by atoms with Crippen molar-refractivity contribution in [3.05, 3.63) is 46.4 Å². The zero-order valence-electron chi connectivity index (χ0n) is 14.5. The number of halogens is 1. The van der Waals surface area contributed by atoms with Gasteiger partial charge in [-0.05, 0) is 45.8 Å². The standard InChI is InChI=1S/C19H23BrN2O3/c1-24-18-12-15(4-5-16(18)20)22-9-7-21(8-10-22)13-14-3-6-17(23)19(11-14)25-2/h3-6,11-12,23H,7-10,13H2,1-2H3. The quantitative estimate of drug-likeness (QED) is 0.822. The van der Waals surface area contributed by atoms with Crippen LogP contribution in [-0.2, 0) is 6.54 Å². The number of ether oxygens (including phenoxy) is 2. The number of aromatic hydroxyl groups is 1. The monoisotopic (exact) mass is 406 g/mol. The third kappa shape index (κ3) is 4.19. The largest absolute Gasteiger partial charge is 0.504 e. The predicted molar refractivity (Wildman–Crippen MR) is 103 cm³/mol. The van der Waals surface area contributed by atoms with Crippen LogP contribution in [0, 0.1) is 0 Å². The van der Waals surface area contributed by atoms with Crippen LogP contribution in [0.2, 0.25) is 0 Å². The van der Waals surface area contributed by atoms with Crippen LogP contribution >= 0.6 is 15.9 Å². The van der Waals surface area contributed by atoms with Crippen molar-refractivity contribution in [3.8, 4) is 17.2 Å². The molecule has 0 amide bonds. The maximum Gasteiger partial charge on any atom is 0.160 e. The van der Waals surface area contributed by atoms with Crippen LogP contribution in [0.3, 0.4) is 0 Å². The SMILES string of the molecule is COc1cc(CN2CCN(c3ccc(Br)c(OC)c3)CC2)ccc1O. The fraction of sp³-hybridized carbons (Fsp3) is 0.368. The second-order valence-corrected chi connectivity index (χ2v) is 6.94. The number of nitrogens with zero attached hydrogens (tertiary/aromatic N) is 2. The summed E-state index contributed by atoms with van der Waals surface area (Å²) in [4.78, 5) is 4.79. The van der Waals surface area contributed by atoms with E-state index in [1.54, 1.807) is 20.3 Å². The molecule has 0 bridgehead atoms. The van der Waals surface area contributed by atoms with Crippen molar-refractivity contribution in [3.63, 3.8) is 0 Å². The molecule has 0 aromatic heterocycles. The van der Waals surface area contributed by atoms with Crippen molar-refractivity contribution in [2.75, 3.05) is 45.3 Å². The first-order chi connectivity index (χ1) is 12.1. The summed E-state index contributed by atoms with van der Waals surface area (Å²) in [5.41, 5.74) is 2.33. The summed E-state index contributed by atoms with van der Waals surface area (Å²) in [6, 6.07) is 11.8. The second kappa shape index (κ2) is 7.97. The Morgan fingerprint density at radius 3 is 2.36 bits per heavy atom. The Labute approximate surface area is 156 Å². The van der Waals surface area contributed by atoms with Gasteiger partial charge in [-0.3, -0.25) is 4.90 Å². The third-order valence-corrected chi connectivity index (χ3v) is 5.18. The van der Waals surface area contributed by atoms with Crippen LogP contribution in [0.1, 0.15) is 5.56 Å². The van der Waals surface area contributed by atoms with Crippen LogP contribution in [0.4, 0.5) is 5.69 Å². The average Bonchev–Trinajstić information content (AvgIpc) is 2.64. The van der Waals surface area contributed by atoms with E-state index in [0.717, 1.165) is 48.5 Å². The van der Waals surface area contributed by atoms with Crippen LogP contribution in [0.25, 0.3) is 0 Å². The molecule has 3 rings (SSSR count). The lowest BCUT2D eigenvalue weighted by molar-refractivity contribution is 0.249. The minimum Gasteiger partial charge on any atom is -0.504 e. The number of piperazine rings is 1.